The zero-order valence-corrected chi connectivity index (χ0v) is 23.5. The number of nitrogens with one attached hydrogen (secondary N) is 1. The van der Waals surface area contributed by atoms with Gasteiger partial charge in [0, 0.05) is 25.0 Å². The molecule has 9 nitrogen and oxygen atoms in total. The van der Waals surface area contributed by atoms with Gasteiger partial charge in [-0.25, -0.2) is 22.4 Å². The Morgan fingerprint density at radius 1 is 1.08 bits per heavy atom. The Bertz CT molecular complexity index is 1790. The molecule has 200 valence electrons. The molecule has 0 saturated carbocycles. The van der Waals surface area contributed by atoms with Crippen molar-refractivity contribution in [3.63, 3.8) is 0 Å². The van der Waals surface area contributed by atoms with E-state index in [1.165, 1.54) is 29.7 Å². The smallest absolute Gasteiger partial charge is 0.262 e. The van der Waals surface area contributed by atoms with Gasteiger partial charge in [-0.3, -0.25) is 4.79 Å². The third-order valence-electron chi connectivity index (χ3n) is 6.16. The summed E-state index contributed by atoms with van der Waals surface area (Å²) in [7, 11) is -0.629. The molecule has 0 saturated heterocycles. The van der Waals surface area contributed by atoms with Crippen LogP contribution in [-0.2, 0) is 14.8 Å². The average Bonchev–Trinajstić information content (AvgIpc) is 3.30. The topological polar surface area (TPSA) is 105 Å². The predicted molar refractivity (Wildman–Crippen MR) is 153 cm³/mol. The van der Waals surface area contributed by atoms with Gasteiger partial charge in [0.25, 0.3) is 5.91 Å². The van der Waals surface area contributed by atoms with Gasteiger partial charge in [0.2, 0.25) is 14.8 Å². The highest BCUT2D eigenvalue weighted by atomic mass is 32.2. The number of carbonyl (C=O) groups is 1. The van der Waals surface area contributed by atoms with Crippen molar-refractivity contribution in [1.29, 1.82) is 0 Å². The lowest BCUT2D eigenvalue weighted by molar-refractivity contribution is -0.118. The number of amides is 1. The van der Waals surface area contributed by atoms with Gasteiger partial charge in [-0.05, 0) is 61.4 Å². The minimum Gasteiger partial charge on any atom is -0.482 e. The summed E-state index contributed by atoms with van der Waals surface area (Å²) < 4.78 is 33.7. The summed E-state index contributed by atoms with van der Waals surface area (Å²) in [5, 5.41) is 9.57. The maximum atomic E-state index is 12.7. The third-order valence-corrected chi connectivity index (χ3v) is 8.79. The Morgan fingerprint density at radius 3 is 2.69 bits per heavy atom. The first-order valence-electron chi connectivity index (χ1n) is 12.1. The van der Waals surface area contributed by atoms with E-state index in [0.717, 1.165) is 27.9 Å². The SMILES string of the molecule is Cc1ccc(C)c(C=Nn2c(-c3ccc4c(c3)NC(=O)CO4)csc2=Nc2cccc(S(=O)(=O)N(C)C)c2)c1. The number of nitrogens with zero attached hydrogens (tertiary/aromatic N) is 4. The lowest BCUT2D eigenvalue weighted by atomic mass is 10.1. The molecule has 0 bridgehead atoms. The van der Waals surface area contributed by atoms with Gasteiger partial charge >= 0.3 is 0 Å². The Morgan fingerprint density at radius 2 is 1.90 bits per heavy atom. The zero-order chi connectivity index (χ0) is 27.7. The van der Waals surface area contributed by atoms with E-state index < -0.39 is 10.0 Å². The quantitative estimate of drug-likeness (QED) is 0.349. The summed E-state index contributed by atoms with van der Waals surface area (Å²) in [5.41, 5.74) is 5.78. The Balaban J connectivity index is 1.65. The summed E-state index contributed by atoms with van der Waals surface area (Å²) in [4.78, 5) is 17.3. The predicted octanol–water partition coefficient (Wildman–Crippen LogP) is 4.53. The van der Waals surface area contributed by atoms with Crippen LogP contribution in [-0.4, -0.2) is 50.2 Å². The zero-order valence-electron chi connectivity index (χ0n) is 21.9. The minimum absolute atomic E-state index is 0.0173. The first-order valence-corrected chi connectivity index (χ1v) is 14.4. The second-order valence-electron chi connectivity index (χ2n) is 9.26. The number of thiazole rings is 1. The standard InChI is InChI=1S/C28H27N5O4S2/c1-18-8-9-19(2)21(12-18)15-29-33-25(20-10-11-26-24(13-20)31-27(34)16-37-26)17-38-28(33)30-22-6-5-7-23(14-22)39(35,36)32(3)4/h5-15,17H,16H2,1-4H3,(H,31,34). The van der Waals surface area contributed by atoms with E-state index in [2.05, 4.69) is 17.4 Å². The monoisotopic (exact) mass is 561 g/mol. The molecule has 39 heavy (non-hydrogen) atoms. The van der Waals surface area contributed by atoms with Crippen LogP contribution in [0, 0.1) is 13.8 Å². The van der Waals surface area contributed by atoms with Crippen LogP contribution < -0.4 is 14.9 Å². The molecular formula is C28H27N5O4S2. The van der Waals surface area contributed by atoms with Crippen molar-refractivity contribution >= 4 is 44.9 Å². The number of anilines is 1. The fourth-order valence-corrected chi connectivity index (χ4v) is 5.78. The molecule has 1 aromatic heterocycles. The summed E-state index contributed by atoms with van der Waals surface area (Å²) in [5.74, 6) is 0.386. The number of fused-ring (bicyclic) bond motifs is 1. The van der Waals surface area contributed by atoms with E-state index in [1.807, 2.05) is 43.5 Å². The van der Waals surface area contributed by atoms with Crippen LogP contribution in [0.1, 0.15) is 16.7 Å². The van der Waals surface area contributed by atoms with Crippen molar-refractivity contribution in [3.05, 3.63) is 87.5 Å². The number of sulfonamides is 1. The van der Waals surface area contributed by atoms with Crippen molar-refractivity contribution in [2.75, 3.05) is 26.0 Å². The molecular weight excluding hydrogens is 534 g/mol. The summed E-state index contributed by atoms with van der Waals surface area (Å²) in [6.45, 7) is 4.03. The van der Waals surface area contributed by atoms with Crippen LogP contribution in [0.3, 0.4) is 0 Å². The molecule has 0 fully saturated rings. The number of ether oxygens (including phenoxy) is 1. The summed E-state index contributed by atoms with van der Waals surface area (Å²) in [6, 6.07) is 18.2. The maximum absolute atomic E-state index is 12.7. The maximum Gasteiger partial charge on any atom is 0.262 e. The molecule has 1 aliphatic rings. The Kier molecular flexibility index (Phi) is 7.21. The van der Waals surface area contributed by atoms with Crippen LogP contribution in [0.25, 0.3) is 11.3 Å². The second kappa shape index (κ2) is 10.6. The van der Waals surface area contributed by atoms with Gasteiger partial charge in [-0.2, -0.15) is 5.10 Å². The lowest BCUT2D eigenvalue weighted by Gasteiger charge is -2.18. The van der Waals surface area contributed by atoms with Crippen molar-refractivity contribution in [2.45, 2.75) is 18.7 Å². The first-order chi connectivity index (χ1) is 18.6. The molecule has 1 aliphatic heterocycles. The van der Waals surface area contributed by atoms with Gasteiger partial charge in [-0.15, -0.1) is 11.3 Å². The molecule has 5 rings (SSSR count). The van der Waals surface area contributed by atoms with E-state index in [9.17, 15) is 13.2 Å². The third kappa shape index (κ3) is 5.56. The van der Waals surface area contributed by atoms with Crippen LogP contribution >= 0.6 is 11.3 Å². The second-order valence-corrected chi connectivity index (χ2v) is 12.3. The van der Waals surface area contributed by atoms with Gasteiger partial charge in [-0.1, -0.05) is 29.8 Å². The van der Waals surface area contributed by atoms with Crippen LogP contribution in [0.15, 0.2) is 81.0 Å². The van der Waals surface area contributed by atoms with Crippen molar-refractivity contribution < 1.29 is 17.9 Å². The van der Waals surface area contributed by atoms with E-state index in [0.29, 0.717) is 21.9 Å². The molecule has 11 heteroatoms. The molecule has 2 heterocycles. The fraction of sp³-hybridized carbons (Fsp3) is 0.179. The van der Waals surface area contributed by atoms with Crippen molar-refractivity contribution in [3.8, 4) is 17.0 Å². The largest absolute Gasteiger partial charge is 0.482 e. The van der Waals surface area contributed by atoms with E-state index in [1.54, 1.807) is 35.2 Å². The number of aromatic nitrogens is 1. The van der Waals surface area contributed by atoms with Crippen molar-refractivity contribution in [1.82, 2.24) is 8.98 Å². The molecule has 1 amide bonds. The van der Waals surface area contributed by atoms with Gasteiger partial charge in [0.15, 0.2) is 6.61 Å². The number of benzene rings is 3. The Hall–Kier alpha value is -4.06. The van der Waals surface area contributed by atoms with Gasteiger partial charge in [0.05, 0.1) is 28.2 Å². The van der Waals surface area contributed by atoms with E-state index >= 15 is 0 Å². The molecule has 3 aromatic carbocycles. The molecule has 0 aliphatic carbocycles. The molecule has 0 unspecified atom stereocenters. The number of carbonyl (C=O) groups excluding carboxylic acids is 1. The number of aryl methyl sites for hydroxylation is 2. The fourth-order valence-electron chi connectivity index (χ4n) is 3.98. The first kappa shape index (κ1) is 26.5. The normalized spacial score (nSPS) is 14.0. The minimum atomic E-state index is -3.61. The molecule has 0 atom stereocenters. The van der Waals surface area contributed by atoms with Gasteiger partial charge < -0.3 is 10.1 Å². The van der Waals surface area contributed by atoms with Crippen LogP contribution in [0.4, 0.5) is 11.4 Å². The Labute approximate surface area is 230 Å². The molecule has 1 N–H and O–H groups in total. The van der Waals surface area contributed by atoms with Crippen molar-refractivity contribution in [2.24, 2.45) is 10.1 Å². The molecule has 0 spiro atoms. The highest BCUT2D eigenvalue weighted by Gasteiger charge is 2.19. The average molecular weight is 562 g/mol. The summed E-state index contributed by atoms with van der Waals surface area (Å²) >= 11 is 1.37. The summed E-state index contributed by atoms with van der Waals surface area (Å²) in [6.07, 6.45) is 1.79. The highest BCUT2D eigenvalue weighted by Crippen LogP contribution is 2.33. The van der Waals surface area contributed by atoms with Crippen LogP contribution in [0.5, 0.6) is 5.75 Å². The van der Waals surface area contributed by atoms with E-state index in [4.69, 9.17) is 14.8 Å². The van der Waals surface area contributed by atoms with E-state index in [-0.39, 0.29) is 17.4 Å². The number of rotatable bonds is 6. The lowest BCUT2D eigenvalue weighted by Crippen LogP contribution is -2.25. The molecule has 0 radical (unpaired) electrons. The highest BCUT2D eigenvalue weighted by molar-refractivity contribution is 7.89. The molecule has 4 aromatic rings. The number of hydrogen-bond acceptors (Lipinski definition) is 7. The van der Waals surface area contributed by atoms with Crippen LogP contribution in [0.2, 0.25) is 0 Å². The number of hydrogen-bond donors (Lipinski definition) is 1. The van der Waals surface area contributed by atoms with Gasteiger partial charge in [0.1, 0.15) is 5.75 Å².